The minimum Gasteiger partial charge on any atom is -0.487 e. The molecule has 2 aromatic heterocycles. The molecule has 238 valence electrons. The first-order valence-electron chi connectivity index (χ1n) is 17.5. The first kappa shape index (κ1) is 26.6. The van der Waals surface area contributed by atoms with Crippen molar-refractivity contribution >= 4 is 21.1 Å². The average molecular weight is 620 g/mol. The van der Waals surface area contributed by atoms with Crippen molar-refractivity contribution in [2.75, 3.05) is 19.5 Å². The molecule has 43 heavy (non-hydrogen) atoms. The quantitative estimate of drug-likeness (QED) is 0.314. The number of sulfonamides is 1. The summed E-state index contributed by atoms with van der Waals surface area (Å²) in [6.07, 6.45) is 2.29. The Labute approximate surface area is 263 Å². The van der Waals surface area contributed by atoms with Crippen LogP contribution in [0.25, 0.3) is 22.4 Å². The fraction of sp³-hybridized carbons (Fsp3) is 0.656. The van der Waals surface area contributed by atoms with Crippen molar-refractivity contribution in [3.8, 4) is 17.1 Å². The van der Waals surface area contributed by atoms with Crippen LogP contribution in [0.3, 0.4) is 0 Å². The van der Waals surface area contributed by atoms with Crippen LogP contribution in [0.4, 0.5) is 0 Å². The van der Waals surface area contributed by atoms with E-state index in [2.05, 4.69) is 17.0 Å². The summed E-state index contributed by atoms with van der Waals surface area (Å²) in [6, 6.07) is 0.582. The number of rotatable bonds is 10. The molecule has 1 fully saturated rings. The standard InChI is InChI=1S/C32H50N6O4S/c1-12-15-20(4)26-27-28(36(11)35-26)30(39)34-29(33-27)23-17-25(21(5)16-24(23)42-32(9,10)13-2)43(40,41)37-18-22(6)38(14-3)31(7,8)19-37/h16-17,20,22H,12-15,18-19H2,1-11H3,(H,33,34,39)/i18D2,19D2,22D. The summed E-state index contributed by atoms with van der Waals surface area (Å²) in [4.78, 5) is 22.1. The second-order valence-corrected chi connectivity index (χ2v) is 14.3. The van der Waals surface area contributed by atoms with E-state index in [1.54, 1.807) is 14.0 Å². The number of likely N-dealkylation sites (N-methyl/N-ethyl adjacent to an activating group) is 1. The summed E-state index contributed by atoms with van der Waals surface area (Å²) in [6.45, 7) is 11.4. The molecule has 0 spiro atoms. The Bertz CT molecular complexity index is 1860. The van der Waals surface area contributed by atoms with Crippen molar-refractivity contribution in [2.45, 2.75) is 116 Å². The number of benzene rings is 1. The van der Waals surface area contributed by atoms with Gasteiger partial charge in [0.05, 0.1) is 16.2 Å². The van der Waals surface area contributed by atoms with Gasteiger partial charge in [0.25, 0.3) is 5.56 Å². The third-order valence-electron chi connectivity index (χ3n) is 8.23. The van der Waals surface area contributed by atoms with Gasteiger partial charge in [0.15, 0.2) is 5.52 Å². The molecule has 1 aliphatic rings. The summed E-state index contributed by atoms with van der Waals surface area (Å²) in [5.41, 5.74) is -1.24. The molecule has 1 aliphatic heterocycles. The lowest BCUT2D eigenvalue weighted by atomic mass is 9.97. The highest BCUT2D eigenvalue weighted by Gasteiger charge is 2.42. The highest BCUT2D eigenvalue weighted by atomic mass is 32.2. The van der Waals surface area contributed by atoms with Crippen LogP contribution in [0, 0.1) is 6.92 Å². The van der Waals surface area contributed by atoms with E-state index in [0.717, 1.165) is 12.8 Å². The zero-order valence-electron chi connectivity index (χ0n) is 32.3. The van der Waals surface area contributed by atoms with Gasteiger partial charge in [0, 0.05) is 44.4 Å². The molecule has 1 aromatic carbocycles. The van der Waals surface area contributed by atoms with Gasteiger partial charge in [0.2, 0.25) is 10.0 Å². The van der Waals surface area contributed by atoms with Crippen LogP contribution in [0.5, 0.6) is 5.75 Å². The van der Waals surface area contributed by atoms with Gasteiger partial charge in [-0.2, -0.15) is 9.40 Å². The van der Waals surface area contributed by atoms with Crippen LogP contribution in [0.1, 0.15) is 106 Å². The zero-order chi connectivity index (χ0) is 36.6. The van der Waals surface area contributed by atoms with Gasteiger partial charge in [-0.3, -0.25) is 14.4 Å². The van der Waals surface area contributed by atoms with E-state index in [1.165, 1.54) is 49.4 Å². The third-order valence-corrected chi connectivity index (χ3v) is 9.89. The molecule has 0 bridgehead atoms. The second-order valence-electron chi connectivity index (χ2n) is 12.5. The predicted molar refractivity (Wildman–Crippen MR) is 172 cm³/mol. The molecule has 0 amide bonds. The molecule has 3 aromatic rings. The van der Waals surface area contributed by atoms with Gasteiger partial charge in [-0.25, -0.2) is 13.4 Å². The Morgan fingerprint density at radius 1 is 1.28 bits per heavy atom. The monoisotopic (exact) mass is 619 g/mol. The van der Waals surface area contributed by atoms with Crippen molar-refractivity contribution in [1.29, 1.82) is 0 Å². The SMILES string of the molecule is [2H]C1([2H])N(S(=O)(=O)c2cc(-c3nc4c(C(C)CCC)nn(C)c4c(=O)[nH]3)c(OC(C)(C)CC)cc2C)C([2H])([2H])C(C)(C)N(CC)C1([2H])C. The second kappa shape index (κ2) is 12.0. The summed E-state index contributed by atoms with van der Waals surface area (Å²) in [5.74, 6) is 0.245. The van der Waals surface area contributed by atoms with Gasteiger partial charge in [-0.15, -0.1) is 0 Å². The minimum atomic E-state index is -5.01. The molecule has 10 nitrogen and oxygen atoms in total. The van der Waals surface area contributed by atoms with Crippen molar-refractivity contribution in [3.63, 3.8) is 0 Å². The van der Waals surface area contributed by atoms with Crippen molar-refractivity contribution in [1.82, 2.24) is 29.0 Å². The van der Waals surface area contributed by atoms with Crippen LogP contribution < -0.4 is 10.3 Å². The maximum atomic E-state index is 14.7. The highest BCUT2D eigenvalue weighted by Crippen LogP contribution is 2.38. The van der Waals surface area contributed by atoms with Crippen LogP contribution >= 0.6 is 0 Å². The van der Waals surface area contributed by atoms with Crippen LogP contribution in [-0.2, 0) is 17.1 Å². The van der Waals surface area contributed by atoms with Gasteiger partial charge < -0.3 is 9.72 Å². The summed E-state index contributed by atoms with van der Waals surface area (Å²) in [7, 11) is -3.35. The molecule has 2 atom stereocenters. The van der Waals surface area contributed by atoms with E-state index in [4.69, 9.17) is 16.6 Å². The maximum absolute atomic E-state index is 14.7. The van der Waals surface area contributed by atoms with E-state index in [0.29, 0.717) is 17.6 Å². The number of nitrogens with zero attached hydrogens (tertiary/aromatic N) is 5. The lowest BCUT2D eigenvalue weighted by molar-refractivity contribution is 0.0165. The highest BCUT2D eigenvalue weighted by molar-refractivity contribution is 7.89. The molecule has 1 saturated heterocycles. The van der Waals surface area contributed by atoms with E-state index in [1.807, 2.05) is 27.7 Å². The number of aromatic nitrogens is 4. The smallest absolute Gasteiger partial charge is 0.277 e. The Kier molecular flexibility index (Phi) is 7.41. The fourth-order valence-electron chi connectivity index (χ4n) is 5.63. The van der Waals surface area contributed by atoms with E-state index < -0.39 is 50.6 Å². The number of fused-ring (bicyclic) bond motifs is 1. The lowest BCUT2D eigenvalue weighted by Gasteiger charge is -2.50. The Balaban J connectivity index is 2.07. The number of ether oxygens (including phenoxy) is 1. The molecule has 0 radical (unpaired) electrons. The molecule has 0 saturated carbocycles. The summed E-state index contributed by atoms with van der Waals surface area (Å²) < 4.78 is 82.8. The summed E-state index contributed by atoms with van der Waals surface area (Å²) in [5, 5.41) is 4.60. The van der Waals surface area contributed by atoms with Crippen molar-refractivity contribution < 1.29 is 20.0 Å². The molecular formula is C32H50N6O4S. The molecule has 1 N–H and O–H groups in total. The predicted octanol–water partition coefficient (Wildman–Crippen LogP) is 5.60. The van der Waals surface area contributed by atoms with Gasteiger partial charge in [-0.1, -0.05) is 34.1 Å². The van der Waals surface area contributed by atoms with E-state index in [-0.39, 0.29) is 45.0 Å². The Morgan fingerprint density at radius 2 is 1.95 bits per heavy atom. The average Bonchev–Trinajstić information content (AvgIpc) is 3.28. The number of aryl methyl sites for hydroxylation is 2. The number of H-pyrrole nitrogens is 1. The summed E-state index contributed by atoms with van der Waals surface area (Å²) >= 11 is 0. The zero-order valence-corrected chi connectivity index (χ0v) is 28.2. The minimum absolute atomic E-state index is 0.0154. The van der Waals surface area contributed by atoms with Gasteiger partial charge in [0.1, 0.15) is 22.7 Å². The van der Waals surface area contributed by atoms with E-state index in [9.17, 15) is 13.2 Å². The largest absolute Gasteiger partial charge is 0.487 e. The molecular weight excluding hydrogens is 564 g/mol. The Morgan fingerprint density at radius 3 is 2.56 bits per heavy atom. The molecule has 2 unspecified atom stereocenters. The number of hydrogen-bond acceptors (Lipinski definition) is 7. The van der Waals surface area contributed by atoms with Crippen LogP contribution in [-0.4, -0.2) is 74.1 Å². The number of aromatic amines is 1. The van der Waals surface area contributed by atoms with Crippen molar-refractivity contribution in [2.24, 2.45) is 7.05 Å². The number of nitrogens with one attached hydrogen (secondary N) is 1. The molecule has 0 aliphatic carbocycles. The maximum Gasteiger partial charge on any atom is 0.277 e. The molecule has 11 heteroatoms. The lowest BCUT2D eigenvalue weighted by Crippen LogP contribution is -2.63. The number of piperazine rings is 1. The first-order chi connectivity index (χ1) is 21.8. The van der Waals surface area contributed by atoms with Crippen LogP contribution in [0.15, 0.2) is 21.8 Å². The van der Waals surface area contributed by atoms with Crippen molar-refractivity contribution in [3.05, 3.63) is 33.7 Å². The van der Waals surface area contributed by atoms with Gasteiger partial charge in [-0.05, 0) is 78.6 Å². The topological polar surface area (TPSA) is 113 Å². The molecule has 4 rings (SSSR count). The third kappa shape index (κ3) is 6.26. The van der Waals surface area contributed by atoms with E-state index >= 15 is 0 Å². The first-order valence-corrected chi connectivity index (χ1v) is 16.4. The number of hydrogen-bond donors (Lipinski definition) is 1. The normalized spacial score (nSPS) is 25.0. The fourth-order valence-corrected chi connectivity index (χ4v) is 7.15. The van der Waals surface area contributed by atoms with Gasteiger partial charge >= 0.3 is 0 Å². The Hall–Kier alpha value is -2.76. The molecule has 3 heterocycles. The van der Waals surface area contributed by atoms with Crippen LogP contribution in [0.2, 0.25) is 0 Å².